The topological polar surface area (TPSA) is 79.0 Å². The van der Waals surface area contributed by atoms with Crippen molar-refractivity contribution in [3.63, 3.8) is 0 Å². The molecular formula is C17H27N3O4S. The molecule has 0 bridgehead atoms. The zero-order valence-electron chi connectivity index (χ0n) is 15.3. The fourth-order valence-corrected chi connectivity index (χ4v) is 3.82. The van der Waals surface area contributed by atoms with E-state index in [2.05, 4.69) is 5.32 Å². The largest absolute Gasteiger partial charge is 0.376 e. The highest BCUT2D eigenvalue weighted by Gasteiger charge is 2.28. The molecule has 7 nitrogen and oxygen atoms in total. The predicted octanol–water partition coefficient (Wildman–Crippen LogP) is 1.21. The van der Waals surface area contributed by atoms with Crippen LogP contribution in [-0.4, -0.2) is 58.5 Å². The molecule has 0 spiro atoms. The molecule has 140 valence electrons. The number of anilines is 1. The highest BCUT2D eigenvalue weighted by molar-refractivity contribution is 7.90. The molecule has 2 rings (SSSR count). The van der Waals surface area contributed by atoms with E-state index >= 15 is 0 Å². The number of amides is 1. The van der Waals surface area contributed by atoms with E-state index in [9.17, 15) is 13.2 Å². The average Bonchev–Trinajstić information content (AvgIpc) is 3.06. The molecule has 1 aromatic carbocycles. The Morgan fingerprint density at radius 3 is 2.64 bits per heavy atom. The number of carbonyl (C=O) groups is 1. The summed E-state index contributed by atoms with van der Waals surface area (Å²) < 4.78 is 33.2. The lowest BCUT2D eigenvalue weighted by Gasteiger charge is -2.28. The average molecular weight is 369 g/mol. The highest BCUT2D eigenvalue weighted by Crippen LogP contribution is 2.25. The molecule has 25 heavy (non-hydrogen) atoms. The van der Waals surface area contributed by atoms with Gasteiger partial charge in [0.2, 0.25) is 5.91 Å². The quantitative estimate of drug-likeness (QED) is 0.784. The van der Waals surface area contributed by atoms with E-state index in [1.54, 1.807) is 6.07 Å². The number of carbonyl (C=O) groups excluding carboxylic acids is 1. The van der Waals surface area contributed by atoms with Gasteiger partial charge in [-0.15, -0.1) is 0 Å². The van der Waals surface area contributed by atoms with Gasteiger partial charge in [0.05, 0.1) is 11.8 Å². The van der Waals surface area contributed by atoms with Gasteiger partial charge in [0.15, 0.2) is 0 Å². The molecule has 0 aliphatic carbocycles. The van der Waals surface area contributed by atoms with Gasteiger partial charge in [-0.2, -0.15) is 12.7 Å². The fraction of sp³-hybridized carbons (Fsp3) is 0.588. The first-order valence-electron chi connectivity index (χ1n) is 8.37. The van der Waals surface area contributed by atoms with Gasteiger partial charge < -0.3 is 10.1 Å². The van der Waals surface area contributed by atoms with Crippen LogP contribution in [0.2, 0.25) is 0 Å². The smallest absolute Gasteiger partial charge is 0.304 e. The summed E-state index contributed by atoms with van der Waals surface area (Å²) in [6, 6.07) is 5.55. The summed E-state index contributed by atoms with van der Waals surface area (Å²) in [5.74, 6) is -0.346. The van der Waals surface area contributed by atoms with Crippen molar-refractivity contribution in [2.75, 3.05) is 38.1 Å². The van der Waals surface area contributed by atoms with E-state index in [4.69, 9.17) is 4.74 Å². The van der Waals surface area contributed by atoms with Gasteiger partial charge in [-0.05, 0) is 43.9 Å². The number of nitrogens with one attached hydrogen (secondary N) is 1. The molecule has 1 N–H and O–H groups in total. The van der Waals surface area contributed by atoms with Crippen molar-refractivity contribution in [2.24, 2.45) is 0 Å². The van der Waals surface area contributed by atoms with Crippen LogP contribution in [0.15, 0.2) is 18.2 Å². The monoisotopic (exact) mass is 369 g/mol. The molecule has 1 saturated heterocycles. The summed E-state index contributed by atoms with van der Waals surface area (Å²) in [6.45, 7) is 4.57. The Kier molecular flexibility index (Phi) is 6.42. The van der Waals surface area contributed by atoms with Crippen LogP contribution in [-0.2, 0) is 19.7 Å². The number of hydrogen-bond acceptors (Lipinski definition) is 4. The Morgan fingerprint density at radius 2 is 2.04 bits per heavy atom. The second kappa shape index (κ2) is 8.16. The molecule has 1 aromatic rings. The number of rotatable bonds is 7. The first-order valence-corrected chi connectivity index (χ1v) is 9.77. The molecule has 0 aromatic heterocycles. The van der Waals surface area contributed by atoms with Crippen LogP contribution in [0.5, 0.6) is 0 Å². The third-order valence-electron chi connectivity index (χ3n) is 4.21. The summed E-state index contributed by atoms with van der Waals surface area (Å²) in [5, 5.41) is 2.78. The van der Waals surface area contributed by atoms with Gasteiger partial charge in [0.25, 0.3) is 0 Å². The SMILES string of the molecule is Cc1ccc(C)c(N(CC(=O)NC[C@H]2CCCO2)S(=O)(=O)N(C)C)c1. The van der Waals surface area contributed by atoms with Gasteiger partial charge in [-0.1, -0.05) is 12.1 Å². The van der Waals surface area contributed by atoms with Gasteiger partial charge in [-0.25, -0.2) is 4.31 Å². The molecule has 0 saturated carbocycles. The highest BCUT2D eigenvalue weighted by atomic mass is 32.2. The predicted molar refractivity (Wildman–Crippen MR) is 97.9 cm³/mol. The minimum Gasteiger partial charge on any atom is -0.376 e. The van der Waals surface area contributed by atoms with Crippen molar-refractivity contribution in [3.8, 4) is 0 Å². The maximum Gasteiger partial charge on any atom is 0.304 e. The van der Waals surface area contributed by atoms with Crippen LogP contribution in [0.4, 0.5) is 5.69 Å². The molecule has 8 heteroatoms. The number of aryl methyl sites for hydroxylation is 2. The van der Waals surface area contributed by atoms with Gasteiger partial charge in [0.1, 0.15) is 6.54 Å². The van der Waals surface area contributed by atoms with E-state index < -0.39 is 10.2 Å². The van der Waals surface area contributed by atoms with Crippen molar-refractivity contribution in [3.05, 3.63) is 29.3 Å². The molecule has 1 aliphatic heterocycles. The zero-order valence-corrected chi connectivity index (χ0v) is 16.1. The Hall–Kier alpha value is -1.64. The van der Waals surface area contributed by atoms with Crippen LogP contribution >= 0.6 is 0 Å². The molecular weight excluding hydrogens is 342 g/mol. The summed E-state index contributed by atoms with van der Waals surface area (Å²) in [7, 11) is -0.877. The molecule has 1 atom stereocenters. The van der Waals surface area contributed by atoms with Crippen LogP contribution in [0.1, 0.15) is 24.0 Å². The van der Waals surface area contributed by atoms with Crippen LogP contribution in [0.25, 0.3) is 0 Å². The van der Waals surface area contributed by atoms with E-state index in [0.29, 0.717) is 18.8 Å². The second-order valence-electron chi connectivity index (χ2n) is 6.53. The minimum atomic E-state index is -3.79. The Morgan fingerprint density at radius 1 is 1.32 bits per heavy atom. The van der Waals surface area contributed by atoms with E-state index in [-0.39, 0.29) is 18.6 Å². The maximum absolute atomic E-state index is 12.7. The van der Waals surface area contributed by atoms with Crippen molar-refractivity contribution in [1.29, 1.82) is 0 Å². The third kappa shape index (κ3) is 4.93. The van der Waals surface area contributed by atoms with E-state index in [0.717, 1.165) is 32.6 Å². The van der Waals surface area contributed by atoms with Gasteiger partial charge in [0, 0.05) is 27.2 Å². The maximum atomic E-state index is 12.7. The van der Waals surface area contributed by atoms with Gasteiger partial charge >= 0.3 is 10.2 Å². The Balaban J connectivity index is 2.20. The fourth-order valence-electron chi connectivity index (χ4n) is 2.70. The first kappa shape index (κ1) is 19.7. The van der Waals surface area contributed by atoms with Crippen molar-refractivity contribution in [2.45, 2.75) is 32.8 Å². The summed E-state index contributed by atoms with van der Waals surface area (Å²) in [4.78, 5) is 12.4. The molecule has 1 aliphatic rings. The number of hydrogen-bond donors (Lipinski definition) is 1. The number of benzene rings is 1. The normalized spacial score (nSPS) is 17.7. The lowest BCUT2D eigenvalue weighted by atomic mass is 10.1. The van der Waals surface area contributed by atoms with Crippen molar-refractivity contribution < 1.29 is 17.9 Å². The zero-order chi connectivity index (χ0) is 18.6. The molecule has 1 heterocycles. The third-order valence-corrected chi connectivity index (χ3v) is 6.02. The summed E-state index contributed by atoms with van der Waals surface area (Å²) in [6.07, 6.45) is 1.92. The lowest BCUT2D eigenvalue weighted by Crippen LogP contribution is -2.47. The second-order valence-corrected chi connectivity index (χ2v) is 8.59. The molecule has 0 unspecified atom stereocenters. The minimum absolute atomic E-state index is 0.0172. The standard InChI is InChI=1S/C17H27N3O4S/c1-13-7-8-14(2)16(10-13)20(25(22,23)19(3)4)12-17(21)18-11-15-6-5-9-24-15/h7-8,10,15H,5-6,9,11-12H2,1-4H3,(H,18,21)/t15-/m1/s1. The summed E-state index contributed by atoms with van der Waals surface area (Å²) >= 11 is 0. The van der Waals surface area contributed by atoms with Gasteiger partial charge in [-0.3, -0.25) is 4.79 Å². The van der Waals surface area contributed by atoms with E-state index in [1.807, 2.05) is 26.0 Å². The number of ether oxygens (including phenoxy) is 1. The van der Waals surface area contributed by atoms with E-state index in [1.165, 1.54) is 14.1 Å². The summed E-state index contributed by atoms with van der Waals surface area (Å²) in [5.41, 5.74) is 2.24. The van der Waals surface area contributed by atoms with Crippen LogP contribution in [0.3, 0.4) is 0 Å². The lowest BCUT2D eigenvalue weighted by molar-refractivity contribution is -0.120. The Labute approximate surface area is 150 Å². The molecule has 1 amide bonds. The van der Waals surface area contributed by atoms with Crippen LogP contribution in [0, 0.1) is 13.8 Å². The Bertz CT molecular complexity index is 713. The van der Waals surface area contributed by atoms with Crippen molar-refractivity contribution in [1.82, 2.24) is 9.62 Å². The van der Waals surface area contributed by atoms with Crippen molar-refractivity contribution >= 4 is 21.8 Å². The molecule has 1 fully saturated rings. The number of nitrogens with zero attached hydrogens (tertiary/aromatic N) is 2. The molecule has 0 radical (unpaired) electrons. The van der Waals surface area contributed by atoms with Crippen LogP contribution < -0.4 is 9.62 Å². The first-order chi connectivity index (χ1) is 11.7.